The van der Waals surface area contributed by atoms with Crippen LogP contribution in [0.2, 0.25) is 0 Å². The topological polar surface area (TPSA) is 79.2 Å². The van der Waals surface area contributed by atoms with Gasteiger partial charge in [-0.05, 0) is 87.1 Å². The summed E-state index contributed by atoms with van der Waals surface area (Å²) in [6.45, 7) is 4.00. The molecule has 4 saturated carbocycles. The molecule has 0 aromatic carbocycles. The third kappa shape index (κ3) is 4.06. The molecule has 5 aliphatic rings. The minimum Gasteiger partial charge on any atom is -0.461 e. The van der Waals surface area contributed by atoms with E-state index in [0.29, 0.717) is 16.4 Å². The van der Waals surface area contributed by atoms with Crippen LogP contribution in [0.15, 0.2) is 40.1 Å². The predicted molar refractivity (Wildman–Crippen MR) is 130 cm³/mol. The third-order valence-corrected chi connectivity index (χ3v) is 10.1. The zero-order valence-corrected chi connectivity index (χ0v) is 20.8. The Morgan fingerprint density at radius 2 is 1.91 bits per heavy atom. The van der Waals surface area contributed by atoms with Gasteiger partial charge in [0, 0.05) is 21.7 Å². The van der Waals surface area contributed by atoms with E-state index in [0.717, 1.165) is 53.2 Å². The van der Waals surface area contributed by atoms with Crippen LogP contribution in [0, 0.1) is 34.5 Å². The molecule has 1 N–H and O–H groups in total. The smallest absolute Gasteiger partial charge is 0.355 e. The number of carbonyl (C=O) groups is 2. The van der Waals surface area contributed by atoms with Crippen molar-refractivity contribution in [1.82, 2.24) is 5.32 Å². The molecule has 1 aromatic rings. The molecule has 1 atom stereocenters. The molecule has 0 amide bonds. The first kappa shape index (κ1) is 22.7. The lowest BCUT2D eigenvalue weighted by atomic mass is 9.50. The average molecular weight is 483 g/mol. The largest absolute Gasteiger partial charge is 0.461 e. The number of allylic oxidation sites excluding steroid dienone is 2. The average Bonchev–Trinajstić information content (AvgIpc) is 3.31. The van der Waals surface area contributed by atoms with Gasteiger partial charge in [0.05, 0.1) is 24.2 Å². The van der Waals surface area contributed by atoms with Crippen LogP contribution in [-0.4, -0.2) is 23.4 Å². The molecule has 1 aromatic heterocycles. The molecule has 4 bridgehead atoms. The summed E-state index contributed by atoms with van der Waals surface area (Å²) < 4.78 is 5.25. The van der Waals surface area contributed by atoms with Crippen molar-refractivity contribution in [3.63, 3.8) is 0 Å². The van der Waals surface area contributed by atoms with Crippen molar-refractivity contribution in [3.8, 4) is 6.07 Å². The van der Waals surface area contributed by atoms with E-state index in [2.05, 4.69) is 11.4 Å². The SMILES string of the molecule is CCOC(=O)C1=C(C#N)C(c2cccs2)C(C)=C(CSC(=O)C23CC4CC(CC(C4)C2)C3)N1. The van der Waals surface area contributed by atoms with Crippen LogP contribution in [0.25, 0.3) is 0 Å². The van der Waals surface area contributed by atoms with Crippen LogP contribution >= 0.6 is 23.1 Å². The molecule has 0 radical (unpaired) electrons. The number of hydrogen-bond donors (Lipinski definition) is 1. The molecule has 4 aliphatic carbocycles. The van der Waals surface area contributed by atoms with E-state index in [1.165, 1.54) is 31.0 Å². The monoisotopic (exact) mass is 482 g/mol. The van der Waals surface area contributed by atoms with Crippen LogP contribution in [0.4, 0.5) is 0 Å². The molecule has 7 heteroatoms. The molecule has 1 aliphatic heterocycles. The molecular formula is C26H30N2O3S2. The van der Waals surface area contributed by atoms with Crippen molar-refractivity contribution in [1.29, 1.82) is 5.26 Å². The summed E-state index contributed by atoms with van der Waals surface area (Å²) in [6.07, 6.45) is 7.12. The van der Waals surface area contributed by atoms with Crippen LogP contribution in [-0.2, 0) is 14.3 Å². The number of carbonyl (C=O) groups excluding carboxylic acids is 2. The summed E-state index contributed by atoms with van der Waals surface area (Å²) in [4.78, 5) is 27.3. The molecule has 5 nitrogen and oxygen atoms in total. The first-order chi connectivity index (χ1) is 15.9. The Labute approximate surface area is 203 Å². The number of nitrogens with zero attached hydrogens (tertiary/aromatic N) is 1. The van der Waals surface area contributed by atoms with Crippen molar-refractivity contribution < 1.29 is 14.3 Å². The van der Waals surface area contributed by atoms with Crippen molar-refractivity contribution in [2.45, 2.75) is 58.3 Å². The predicted octanol–water partition coefficient (Wildman–Crippen LogP) is 5.53. The summed E-state index contributed by atoms with van der Waals surface area (Å²) in [5.41, 5.74) is 2.29. The number of hydrogen-bond acceptors (Lipinski definition) is 7. The zero-order valence-electron chi connectivity index (χ0n) is 19.2. The maximum absolute atomic E-state index is 13.6. The van der Waals surface area contributed by atoms with Gasteiger partial charge in [-0.1, -0.05) is 17.8 Å². The van der Waals surface area contributed by atoms with E-state index in [1.54, 1.807) is 18.3 Å². The molecule has 0 saturated heterocycles. The van der Waals surface area contributed by atoms with Gasteiger partial charge in [-0.2, -0.15) is 5.26 Å². The highest BCUT2D eigenvalue weighted by Crippen LogP contribution is 2.61. The zero-order chi connectivity index (χ0) is 23.2. The highest BCUT2D eigenvalue weighted by atomic mass is 32.2. The number of nitriles is 1. The summed E-state index contributed by atoms with van der Waals surface area (Å²) in [5, 5.41) is 15.4. The summed E-state index contributed by atoms with van der Waals surface area (Å²) >= 11 is 2.97. The van der Waals surface area contributed by atoms with Gasteiger partial charge < -0.3 is 10.1 Å². The fraction of sp³-hybridized carbons (Fsp3) is 0.577. The minimum absolute atomic E-state index is 0.146. The van der Waals surface area contributed by atoms with Gasteiger partial charge in [0.1, 0.15) is 5.70 Å². The molecule has 2 heterocycles. The summed E-state index contributed by atoms with van der Waals surface area (Å²) in [7, 11) is 0. The van der Waals surface area contributed by atoms with E-state index in [9.17, 15) is 14.9 Å². The highest BCUT2D eigenvalue weighted by molar-refractivity contribution is 8.13. The summed E-state index contributed by atoms with van der Waals surface area (Å²) in [5.74, 6) is 1.87. The van der Waals surface area contributed by atoms with Gasteiger partial charge in [0.25, 0.3) is 0 Å². The van der Waals surface area contributed by atoms with Crippen molar-refractivity contribution >= 4 is 34.2 Å². The van der Waals surface area contributed by atoms with Gasteiger partial charge in [-0.25, -0.2) is 4.79 Å². The quantitative estimate of drug-likeness (QED) is 0.538. The van der Waals surface area contributed by atoms with Gasteiger partial charge in [-0.3, -0.25) is 4.79 Å². The maximum Gasteiger partial charge on any atom is 0.355 e. The number of thioether (sulfide) groups is 1. The standard InChI is InChI=1S/C26H30N2O3S2/c1-3-31-24(29)23-19(13-27)22(21-5-4-6-32-21)15(2)20(28-23)14-33-25(30)26-10-16-7-17(11-26)9-18(8-16)12-26/h4-6,16-18,22,28H,3,7-12,14H2,1-2H3. The molecule has 174 valence electrons. The second-order valence-corrected chi connectivity index (χ2v) is 12.1. The molecule has 33 heavy (non-hydrogen) atoms. The van der Waals surface area contributed by atoms with Crippen LogP contribution in [0.3, 0.4) is 0 Å². The molecule has 1 unspecified atom stereocenters. The Morgan fingerprint density at radius 1 is 1.24 bits per heavy atom. The van der Waals surface area contributed by atoms with E-state index >= 15 is 0 Å². The first-order valence-corrected chi connectivity index (χ1v) is 13.8. The number of rotatable bonds is 6. The second-order valence-electron chi connectivity index (χ2n) is 10.1. The van der Waals surface area contributed by atoms with Crippen molar-refractivity contribution in [2.24, 2.45) is 23.2 Å². The van der Waals surface area contributed by atoms with Crippen LogP contribution < -0.4 is 5.32 Å². The Balaban J connectivity index is 1.39. The van der Waals surface area contributed by atoms with Crippen molar-refractivity contribution in [2.75, 3.05) is 12.4 Å². The first-order valence-electron chi connectivity index (χ1n) is 11.9. The number of dihydropyridines is 1. The van der Waals surface area contributed by atoms with Gasteiger partial charge in [0.2, 0.25) is 0 Å². The molecular weight excluding hydrogens is 452 g/mol. The fourth-order valence-electron chi connectivity index (χ4n) is 6.95. The Bertz CT molecular complexity index is 1030. The van der Waals surface area contributed by atoms with Crippen molar-refractivity contribution in [3.05, 3.63) is 44.9 Å². The van der Waals surface area contributed by atoms with Gasteiger partial charge in [0.15, 0.2) is 5.12 Å². The van der Waals surface area contributed by atoms with E-state index < -0.39 is 5.97 Å². The molecule has 6 rings (SSSR count). The maximum atomic E-state index is 13.6. The number of ether oxygens (including phenoxy) is 1. The van der Waals surface area contributed by atoms with E-state index in [4.69, 9.17) is 4.74 Å². The van der Waals surface area contributed by atoms with E-state index in [1.807, 2.05) is 24.4 Å². The lowest BCUT2D eigenvalue weighted by molar-refractivity contribution is -0.139. The van der Waals surface area contributed by atoms with Crippen LogP contribution in [0.1, 0.15) is 63.2 Å². The molecule has 4 fully saturated rings. The fourth-order valence-corrected chi connectivity index (χ4v) is 8.98. The highest BCUT2D eigenvalue weighted by Gasteiger charge is 2.54. The lowest BCUT2D eigenvalue weighted by Crippen LogP contribution is -2.49. The number of thiophene rings is 1. The summed E-state index contributed by atoms with van der Waals surface area (Å²) in [6, 6.07) is 6.20. The normalized spacial score (nSPS) is 32.5. The molecule has 0 spiro atoms. The third-order valence-electron chi connectivity index (χ3n) is 7.99. The second kappa shape index (κ2) is 8.96. The van der Waals surface area contributed by atoms with Crippen LogP contribution in [0.5, 0.6) is 0 Å². The minimum atomic E-state index is -0.516. The Kier molecular flexibility index (Phi) is 6.17. The van der Waals surface area contributed by atoms with E-state index in [-0.39, 0.29) is 23.6 Å². The number of esters is 1. The van der Waals surface area contributed by atoms with Gasteiger partial charge >= 0.3 is 5.97 Å². The Hall–Kier alpha value is -2.04. The Morgan fingerprint density at radius 3 is 2.45 bits per heavy atom. The lowest BCUT2D eigenvalue weighted by Gasteiger charge is -2.55. The van der Waals surface area contributed by atoms with Gasteiger partial charge in [-0.15, -0.1) is 11.3 Å². The number of nitrogens with one attached hydrogen (secondary N) is 1.